The Kier molecular flexibility index (Phi) is 6.70. The second-order valence-corrected chi connectivity index (χ2v) is 6.66. The van der Waals surface area contributed by atoms with E-state index in [2.05, 4.69) is 5.32 Å². The molecule has 0 saturated carbocycles. The van der Waals surface area contributed by atoms with Crippen molar-refractivity contribution < 1.29 is 19.2 Å². The molecule has 28 heavy (non-hydrogen) atoms. The van der Waals surface area contributed by atoms with E-state index in [0.717, 1.165) is 0 Å². The van der Waals surface area contributed by atoms with Crippen LogP contribution in [-0.4, -0.2) is 22.9 Å². The SMILES string of the molecule is Cc1ccc(N)cc1C(=O)NC(CC(=O)OC(C)C)c1ccccc1[N+](=O)[O-]. The molecule has 148 valence electrons. The first-order valence-corrected chi connectivity index (χ1v) is 8.78. The van der Waals surface area contributed by atoms with Gasteiger partial charge in [0.25, 0.3) is 11.6 Å². The maximum absolute atomic E-state index is 12.8. The highest BCUT2D eigenvalue weighted by atomic mass is 16.6. The summed E-state index contributed by atoms with van der Waals surface area (Å²) in [7, 11) is 0. The minimum atomic E-state index is -0.929. The third-order valence-electron chi connectivity index (χ3n) is 4.06. The zero-order valence-electron chi connectivity index (χ0n) is 16.0. The van der Waals surface area contributed by atoms with E-state index in [1.54, 1.807) is 39.0 Å². The molecular weight excluding hydrogens is 362 g/mol. The van der Waals surface area contributed by atoms with Crippen molar-refractivity contribution in [3.05, 3.63) is 69.3 Å². The predicted octanol–water partition coefficient (Wildman–Crippen LogP) is 3.30. The highest BCUT2D eigenvalue weighted by Crippen LogP contribution is 2.28. The second-order valence-electron chi connectivity index (χ2n) is 6.66. The molecule has 1 atom stereocenters. The summed E-state index contributed by atoms with van der Waals surface area (Å²) in [5.74, 6) is -1.05. The summed E-state index contributed by atoms with van der Waals surface area (Å²) in [5.41, 5.74) is 7.24. The molecule has 2 aromatic carbocycles. The maximum atomic E-state index is 12.8. The lowest BCUT2D eigenvalue weighted by molar-refractivity contribution is -0.385. The number of nitrogens with two attached hydrogens (primary N) is 1. The first-order chi connectivity index (χ1) is 13.2. The third kappa shape index (κ3) is 5.29. The van der Waals surface area contributed by atoms with E-state index in [9.17, 15) is 19.7 Å². The quantitative estimate of drug-likeness (QED) is 0.326. The number of carbonyl (C=O) groups excluding carboxylic acids is 2. The van der Waals surface area contributed by atoms with Gasteiger partial charge in [0.15, 0.2) is 0 Å². The van der Waals surface area contributed by atoms with Crippen molar-refractivity contribution in [1.29, 1.82) is 0 Å². The molecule has 2 rings (SSSR count). The number of hydrogen-bond acceptors (Lipinski definition) is 6. The average Bonchev–Trinajstić information content (AvgIpc) is 2.62. The molecule has 0 aromatic heterocycles. The molecule has 3 N–H and O–H groups in total. The standard InChI is InChI=1S/C20H23N3O5/c1-12(2)28-19(24)11-17(15-6-4-5-7-18(15)23(26)27)22-20(25)16-10-14(21)9-8-13(16)3/h4-10,12,17H,11,21H2,1-3H3,(H,22,25). The number of nitro benzene ring substituents is 1. The van der Waals surface area contributed by atoms with Crippen molar-refractivity contribution in [2.24, 2.45) is 0 Å². The molecule has 1 unspecified atom stereocenters. The van der Waals surface area contributed by atoms with E-state index >= 15 is 0 Å². The zero-order chi connectivity index (χ0) is 20.8. The van der Waals surface area contributed by atoms with Gasteiger partial charge >= 0.3 is 5.97 Å². The minimum Gasteiger partial charge on any atom is -0.463 e. The fraction of sp³-hybridized carbons (Fsp3) is 0.300. The Balaban J connectivity index is 2.38. The number of nitrogen functional groups attached to an aromatic ring is 1. The summed E-state index contributed by atoms with van der Waals surface area (Å²) in [6.07, 6.45) is -0.582. The van der Waals surface area contributed by atoms with E-state index in [0.29, 0.717) is 16.8 Å². The summed E-state index contributed by atoms with van der Waals surface area (Å²) < 4.78 is 5.15. The number of nitrogens with one attached hydrogen (secondary N) is 1. The Morgan fingerprint density at radius 2 is 1.89 bits per heavy atom. The molecule has 8 heteroatoms. The summed E-state index contributed by atoms with van der Waals surface area (Å²) in [6.45, 7) is 5.15. The predicted molar refractivity (Wildman–Crippen MR) is 105 cm³/mol. The van der Waals surface area contributed by atoms with E-state index in [-0.39, 0.29) is 23.8 Å². The monoisotopic (exact) mass is 385 g/mol. The van der Waals surface area contributed by atoms with Crippen LogP contribution in [0.5, 0.6) is 0 Å². The fourth-order valence-electron chi connectivity index (χ4n) is 2.79. The van der Waals surface area contributed by atoms with E-state index in [1.807, 2.05) is 0 Å². The fourth-order valence-corrected chi connectivity index (χ4v) is 2.79. The van der Waals surface area contributed by atoms with Gasteiger partial charge in [-0.05, 0) is 38.5 Å². The molecular formula is C20H23N3O5. The number of esters is 1. The number of aryl methyl sites for hydroxylation is 1. The lowest BCUT2D eigenvalue weighted by Gasteiger charge is -2.20. The molecule has 0 saturated heterocycles. The van der Waals surface area contributed by atoms with Crippen molar-refractivity contribution in [3.8, 4) is 0 Å². The summed E-state index contributed by atoms with van der Waals surface area (Å²) in [4.78, 5) is 35.8. The van der Waals surface area contributed by atoms with Crippen molar-refractivity contribution in [1.82, 2.24) is 5.32 Å². The molecule has 0 heterocycles. The van der Waals surface area contributed by atoms with Crippen LogP contribution in [0, 0.1) is 17.0 Å². The highest BCUT2D eigenvalue weighted by molar-refractivity contribution is 5.97. The number of nitrogens with zero attached hydrogens (tertiary/aromatic N) is 1. The first-order valence-electron chi connectivity index (χ1n) is 8.78. The number of nitro groups is 1. The first kappa shape index (κ1) is 20.9. The van der Waals surface area contributed by atoms with Gasteiger partial charge in [-0.3, -0.25) is 19.7 Å². The number of amides is 1. The molecule has 0 aliphatic heterocycles. The normalized spacial score (nSPS) is 11.7. The molecule has 0 bridgehead atoms. The summed E-state index contributed by atoms with van der Waals surface area (Å²) in [6, 6.07) is 9.94. The van der Waals surface area contributed by atoms with Crippen LogP contribution in [0.3, 0.4) is 0 Å². The number of rotatable bonds is 7. The molecule has 0 radical (unpaired) electrons. The number of hydrogen-bond donors (Lipinski definition) is 2. The Morgan fingerprint density at radius 1 is 1.21 bits per heavy atom. The highest BCUT2D eigenvalue weighted by Gasteiger charge is 2.27. The molecule has 0 aliphatic rings. The van der Waals surface area contributed by atoms with Crippen LogP contribution in [0.2, 0.25) is 0 Å². The summed E-state index contributed by atoms with van der Waals surface area (Å²) >= 11 is 0. The van der Waals surface area contributed by atoms with Gasteiger partial charge in [-0.1, -0.05) is 24.3 Å². The van der Waals surface area contributed by atoms with Gasteiger partial charge in [-0.15, -0.1) is 0 Å². The minimum absolute atomic E-state index is 0.186. The molecule has 0 spiro atoms. The smallest absolute Gasteiger partial charge is 0.308 e. The van der Waals surface area contributed by atoms with Gasteiger partial charge in [0, 0.05) is 17.3 Å². The van der Waals surface area contributed by atoms with Crippen LogP contribution in [0.4, 0.5) is 11.4 Å². The lowest BCUT2D eigenvalue weighted by atomic mass is 10.00. The van der Waals surface area contributed by atoms with Crippen molar-refractivity contribution in [2.45, 2.75) is 39.3 Å². The topological polar surface area (TPSA) is 125 Å². The number of carbonyl (C=O) groups is 2. The van der Waals surface area contributed by atoms with Crippen LogP contribution in [0.15, 0.2) is 42.5 Å². The Hall–Kier alpha value is -3.42. The van der Waals surface area contributed by atoms with Crippen LogP contribution >= 0.6 is 0 Å². The van der Waals surface area contributed by atoms with E-state index in [1.165, 1.54) is 24.3 Å². The van der Waals surface area contributed by atoms with Crippen LogP contribution in [0.1, 0.15) is 47.8 Å². The van der Waals surface area contributed by atoms with Crippen molar-refractivity contribution in [2.75, 3.05) is 5.73 Å². The van der Waals surface area contributed by atoms with Crippen LogP contribution in [-0.2, 0) is 9.53 Å². The average molecular weight is 385 g/mol. The van der Waals surface area contributed by atoms with Crippen LogP contribution in [0.25, 0.3) is 0 Å². The van der Waals surface area contributed by atoms with Gasteiger partial charge in [0.2, 0.25) is 0 Å². The van der Waals surface area contributed by atoms with Crippen LogP contribution < -0.4 is 11.1 Å². The Labute approximate surface area is 162 Å². The van der Waals surface area contributed by atoms with Gasteiger partial charge in [0.1, 0.15) is 0 Å². The van der Waals surface area contributed by atoms with Gasteiger partial charge < -0.3 is 15.8 Å². The lowest BCUT2D eigenvalue weighted by Crippen LogP contribution is -2.32. The number of ether oxygens (including phenoxy) is 1. The second kappa shape index (κ2) is 8.98. The largest absolute Gasteiger partial charge is 0.463 e. The number of para-hydroxylation sites is 1. The third-order valence-corrected chi connectivity index (χ3v) is 4.06. The van der Waals surface area contributed by atoms with Gasteiger partial charge in [-0.25, -0.2) is 0 Å². The Bertz CT molecular complexity index is 895. The van der Waals surface area contributed by atoms with Gasteiger partial charge in [0.05, 0.1) is 29.1 Å². The molecule has 0 fully saturated rings. The van der Waals surface area contributed by atoms with Gasteiger partial charge in [-0.2, -0.15) is 0 Å². The Morgan fingerprint density at radius 3 is 2.54 bits per heavy atom. The summed E-state index contributed by atoms with van der Waals surface area (Å²) in [5, 5.41) is 14.1. The zero-order valence-corrected chi connectivity index (χ0v) is 16.0. The van der Waals surface area contributed by atoms with E-state index < -0.39 is 22.8 Å². The van der Waals surface area contributed by atoms with Crippen molar-refractivity contribution >= 4 is 23.3 Å². The van der Waals surface area contributed by atoms with Crippen molar-refractivity contribution in [3.63, 3.8) is 0 Å². The molecule has 0 aliphatic carbocycles. The van der Waals surface area contributed by atoms with E-state index in [4.69, 9.17) is 10.5 Å². The number of anilines is 1. The maximum Gasteiger partial charge on any atom is 0.308 e. The molecule has 2 aromatic rings. The molecule has 8 nitrogen and oxygen atoms in total. The molecule has 1 amide bonds. The number of benzene rings is 2.